The summed E-state index contributed by atoms with van der Waals surface area (Å²) < 4.78 is 0. The van der Waals surface area contributed by atoms with Gasteiger partial charge in [-0.3, -0.25) is 9.59 Å². The van der Waals surface area contributed by atoms with E-state index in [0.717, 1.165) is 18.4 Å². The molecule has 0 saturated carbocycles. The van der Waals surface area contributed by atoms with Crippen LogP contribution in [0.3, 0.4) is 0 Å². The van der Waals surface area contributed by atoms with E-state index in [4.69, 9.17) is 5.73 Å². The quantitative estimate of drug-likeness (QED) is 0.757. The van der Waals surface area contributed by atoms with Crippen LogP contribution in [0.25, 0.3) is 10.9 Å². The van der Waals surface area contributed by atoms with E-state index < -0.39 is 11.4 Å². The monoisotopic (exact) mass is 287 g/mol. The third kappa shape index (κ3) is 3.62. The van der Waals surface area contributed by atoms with E-state index in [0.29, 0.717) is 6.42 Å². The number of aromatic nitrogens is 1. The third-order valence-electron chi connectivity index (χ3n) is 3.59. The minimum Gasteiger partial charge on any atom is -0.368 e. The maximum atomic E-state index is 11.8. The largest absolute Gasteiger partial charge is 0.368 e. The predicted molar refractivity (Wildman–Crippen MR) is 82.7 cm³/mol. The number of hydrogen-bond acceptors (Lipinski definition) is 2. The summed E-state index contributed by atoms with van der Waals surface area (Å²) in [5, 5.41) is 3.84. The lowest BCUT2D eigenvalue weighted by atomic mass is 10.0. The zero-order chi connectivity index (χ0) is 15.5. The second-order valence-corrected chi connectivity index (χ2v) is 5.75. The van der Waals surface area contributed by atoms with Crippen molar-refractivity contribution in [1.82, 2.24) is 10.3 Å². The summed E-state index contributed by atoms with van der Waals surface area (Å²) in [7, 11) is 0. The summed E-state index contributed by atoms with van der Waals surface area (Å²) >= 11 is 0. The molecule has 0 atom stereocenters. The molecule has 4 N–H and O–H groups in total. The fourth-order valence-electron chi connectivity index (χ4n) is 2.25. The zero-order valence-electron chi connectivity index (χ0n) is 12.4. The Morgan fingerprint density at radius 2 is 2.00 bits per heavy atom. The van der Waals surface area contributed by atoms with E-state index in [1.165, 1.54) is 10.9 Å². The van der Waals surface area contributed by atoms with E-state index >= 15 is 0 Å². The molecule has 2 rings (SSSR count). The van der Waals surface area contributed by atoms with E-state index in [1.54, 1.807) is 13.8 Å². The average molecular weight is 287 g/mol. The molecule has 0 unspecified atom stereocenters. The third-order valence-corrected chi connectivity index (χ3v) is 3.59. The molecule has 0 aliphatic heterocycles. The van der Waals surface area contributed by atoms with Crippen LogP contribution in [0.15, 0.2) is 30.5 Å². The highest BCUT2D eigenvalue weighted by atomic mass is 16.2. The second-order valence-electron chi connectivity index (χ2n) is 5.75. The molecular formula is C16H21N3O2. The van der Waals surface area contributed by atoms with Gasteiger partial charge in [0.2, 0.25) is 11.8 Å². The number of carbonyl (C=O) groups excluding carboxylic acids is 2. The Morgan fingerprint density at radius 1 is 1.29 bits per heavy atom. The second kappa shape index (κ2) is 5.99. The Kier molecular flexibility index (Phi) is 4.31. The number of amides is 2. The molecule has 0 bridgehead atoms. The first-order valence-electron chi connectivity index (χ1n) is 7.06. The summed E-state index contributed by atoms with van der Waals surface area (Å²) in [4.78, 5) is 26.2. The number of aromatic amines is 1. The highest BCUT2D eigenvalue weighted by Crippen LogP contribution is 2.19. The molecule has 2 aromatic rings. The Labute approximate surface area is 123 Å². The molecular weight excluding hydrogens is 266 g/mol. The number of H-pyrrole nitrogens is 1. The minimum atomic E-state index is -1.00. The molecule has 5 nitrogen and oxygen atoms in total. The number of aryl methyl sites for hydroxylation is 1. The molecule has 112 valence electrons. The molecule has 21 heavy (non-hydrogen) atoms. The SMILES string of the molecule is CC(C)(NC(=O)CCCc1c[nH]c2ccccc12)C(N)=O. The number of primary amides is 1. The molecule has 1 aromatic heterocycles. The molecule has 0 radical (unpaired) electrons. The lowest BCUT2D eigenvalue weighted by molar-refractivity contribution is -0.130. The number of rotatable bonds is 6. The standard InChI is InChI=1S/C16H21N3O2/c1-16(2,15(17)21)19-14(20)9-5-6-11-10-18-13-8-4-3-7-12(11)13/h3-4,7-8,10,18H,5-6,9H2,1-2H3,(H2,17,21)(H,19,20). The number of carbonyl (C=O) groups is 2. The van der Waals surface area contributed by atoms with Crippen molar-refractivity contribution in [3.63, 3.8) is 0 Å². The lowest BCUT2D eigenvalue weighted by Gasteiger charge is -2.22. The fourth-order valence-corrected chi connectivity index (χ4v) is 2.25. The topological polar surface area (TPSA) is 88.0 Å². The van der Waals surface area contributed by atoms with Crippen molar-refractivity contribution in [3.05, 3.63) is 36.0 Å². The van der Waals surface area contributed by atoms with Gasteiger partial charge in [-0.05, 0) is 38.3 Å². The Morgan fingerprint density at radius 3 is 2.71 bits per heavy atom. The van der Waals surface area contributed by atoms with Crippen molar-refractivity contribution in [3.8, 4) is 0 Å². The molecule has 2 amide bonds. The van der Waals surface area contributed by atoms with Gasteiger partial charge in [0.05, 0.1) is 0 Å². The maximum Gasteiger partial charge on any atom is 0.242 e. The number of nitrogens with two attached hydrogens (primary N) is 1. The average Bonchev–Trinajstić information content (AvgIpc) is 2.81. The van der Waals surface area contributed by atoms with Crippen LogP contribution in [-0.4, -0.2) is 22.3 Å². The van der Waals surface area contributed by atoms with Crippen LogP contribution in [0.2, 0.25) is 0 Å². The first kappa shape index (κ1) is 15.1. The van der Waals surface area contributed by atoms with Crippen molar-refractivity contribution < 1.29 is 9.59 Å². The van der Waals surface area contributed by atoms with Gasteiger partial charge < -0.3 is 16.0 Å². The van der Waals surface area contributed by atoms with E-state index in [2.05, 4.69) is 16.4 Å². The predicted octanol–water partition coefficient (Wildman–Crippen LogP) is 1.87. The van der Waals surface area contributed by atoms with E-state index in [-0.39, 0.29) is 5.91 Å². The number of fused-ring (bicyclic) bond motifs is 1. The number of nitrogens with one attached hydrogen (secondary N) is 2. The van der Waals surface area contributed by atoms with Crippen LogP contribution in [0.4, 0.5) is 0 Å². The fraction of sp³-hybridized carbons (Fsp3) is 0.375. The van der Waals surface area contributed by atoms with Crippen LogP contribution in [-0.2, 0) is 16.0 Å². The van der Waals surface area contributed by atoms with E-state index in [9.17, 15) is 9.59 Å². The Bertz CT molecular complexity index is 658. The van der Waals surface area contributed by atoms with Crippen molar-refractivity contribution in [2.45, 2.75) is 38.6 Å². The van der Waals surface area contributed by atoms with Gasteiger partial charge in [0.25, 0.3) is 0 Å². The number of para-hydroxylation sites is 1. The highest BCUT2D eigenvalue weighted by molar-refractivity contribution is 5.89. The van der Waals surface area contributed by atoms with Crippen LogP contribution < -0.4 is 11.1 Å². The number of hydrogen-bond donors (Lipinski definition) is 3. The lowest BCUT2D eigenvalue weighted by Crippen LogP contribution is -2.52. The summed E-state index contributed by atoms with van der Waals surface area (Å²) in [5.41, 5.74) is 6.53. The molecule has 0 spiro atoms. The smallest absolute Gasteiger partial charge is 0.242 e. The molecule has 5 heteroatoms. The van der Waals surface area contributed by atoms with Gasteiger partial charge in [-0.2, -0.15) is 0 Å². The molecule has 0 aliphatic rings. The van der Waals surface area contributed by atoms with E-state index in [1.807, 2.05) is 24.4 Å². The van der Waals surface area contributed by atoms with Gasteiger partial charge in [0.15, 0.2) is 0 Å². The maximum absolute atomic E-state index is 11.8. The van der Waals surface area contributed by atoms with Crippen LogP contribution in [0.1, 0.15) is 32.3 Å². The van der Waals surface area contributed by atoms with Crippen molar-refractivity contribution in [1.29, 1.82) is 0 Å². The molecule has 1 heterocycles. The molecule has 1 aromatic carbocycles. The normalized spacial score (nSPS) is 11.5. The van der Waals surface area contributed by atoms with Gasteiger partial charge in [-0.15, -0.1) is 0 Å². The van der Waals surface area contributed by atoms with Gasteiger partial charge in [0.1, 0.15) is 5.54 Å². The summed E-state index contributed by atoms with van der Waals surface area (Å²) in [6.45, 7) is 3.21. The summed E-state index contributed by atoms with van der Waals surface area (Å²) in [5.74, 6) is -0.689. The molecule has 0 saturated heterocycles. The summed E-state index contributed by atoms with van der Waals surface area (Å²) in [6.07, 6.45) is 3.89. The van der Waals surface area contributed by atoms with Crippen LogP contribution >= 0.6 is 0 Å². The number of benzene rings is 1. The van der Waals surface area contributed by atoms with Crippen LogP contribution in [0.5, 0.6) is 0 Å². The Balaban J connectivity index is 1.87. The van der Waals surface area contributed by atoms with Gasteiger partial charge in [-0.25, -0.2) is 0 Å². The van der Waals surface area contributed by atoms with Crippen LogP contribution in [0, 0.1) is 0 Å². The molecule has 0 aliphatic carbocycles. The van der Waals surface area contributed by atoms with Crippen molar-refractivity contribution in [2.75, 3.05) is 0 Å². The molecule has 0 fully saturated rings. The zero-order valence-corrected chi connectivity index (χ0v) is 12.4. The summed E-state index contributed by atoms with van der Waals surface area (Å²) in [6, 6.07) is 8.09. The first-order valence-corrected chi connectivity index (χ1v) is 7.06. The highest BCUT2D eigenvalue weighted by Gasteiger charge is 2.26. The van der Waals surface area contributed by atoms with Gasteiger partial charge in [0, 0.05) is 23.5 Å². The first-order chi connectivity index (χ1) is 9.90. The van der Waals surface area contributed by atoms with Gasteiger partial charge in [-0.1, -0.05) is 18.2 Å². The minimum absolute atomic E-state index is 0.154. The van der Waals surface area contributed by atoms with Crippen molar-refractivity contribution in [2.24, 2.45) is 5.73 Å². The Hall–Kier alpha value is -2.30. The van der Waals surface area contributed by atoms with Gasteiger partial charge >= 0.3 is 0 Å². The van der Waals surface area contributed by atoms with Crippen molar-refractivity contribution >= 4 is 22.7 Å².